The van der Waals surface area contributed by atoms with Crippen molar-refractivity contribution in [2.24, 2.45) is 0 Å². The maximum Gasteiger partial charge on any atom is 0.0454 e. The number of hydrogen-bond donors (Lipinski definition) is 1. The van der Waals surface area contributed by atoms with Crippen LogP contribution in [0.2, 0.25) is 5.02 Å². The molecule has 3 heteroatoms. The first-order valence-electron chi connectivity index (χ1n) is 5.30. The van der Waals surface area contributed by atoms with Gasteiger partial charge in [0.25, 0.3) is 0 Å². The minimum atomic E-state index is 0.134. The summed E-state index contributed by atoms with van der Waals surface area (Å²) in [5.74, 6) is 2.69. The van der Waals surface area contributed by atoms with Crippen LogP contribution < -0.4 is 5.32 Å². The quantitative estimate of drug-likeness (QED) is 0.805. The summed E-state index contributed by atoms with van der Waals surface area (Å²) in [6.45, 7) is 3.07. The van der Waals surface area contributed by atoms with Crippen molar-refractivity contribution in [3.8, 4) is 12.3 Å². The van der Waals surface area contributed by atoms with Gasteiger partial charge in [-0.1, -0.05) is 34.5 Å². The molecule has 1 atom stereocenters. The first-order valence-corrected chi connectivity index (χ1v) is 6.48. The zero-order valence-electron chi connectivity index (χ0n) is 9.26. The standard InChI is InChI=1S/C13H15BrClN/c1-3-5-13(16-8-4-2)11-9-10(14)6-7-12(11)15/h1,6-7,9,13,16H,4-5,8H2,2H3. The molecule has 0 heterocycles. The molecule has 1 aromatic rings. The molecule has 0 saturated heterocycles. The molecule has 1 N–H and O–H groups in total. The summed E-state index contributed by atoms with van der Waals surface area (Å²) in [4.78, 5) is 0. The molecule has 1 rings (SSSR count). The van der Waals surface area contributed by atoms with Gasteiger partial charge in [0.05, 0.1) is 0 Å². The van der Waals surface area contributed by atoms with Gasteiger partial charge in [-0.2, -0.15) is 0 Å². The molecule has 0 aliphatic heterocycles. The summed E-state index contributed by atoms with van der Waals surface area (Å²) in [5.41, 5.74) is 1.06. The molecule has 1 aromatic carbocycles. The lowest BCUT2D eigenvalue weighted by molar-refractivity contribution is 0.542. The zero-order valence-corrected chi connectivity index (χ0v) is 11.6. The van der Waals surface area contributed by atoms with Crippen molar-refractivity contribution in [1.29, 1.82) is 0 Å². The van der Waals surface area contributed by atoms with E-state index < -0.39 is 0 Å². The van der Waals surface area contributed by atoms with Crippen LogP contribution >= 0.6 is 27.5 Å². The SMILES string of the molecule is C#CCC(NCCC)c1cc(Br)ccc1Cl. The second-order valence-electron chi connectivity index (χ2n) is 3.58. The molecule has 0 aliphatic rings. The zero-order chi connectivity index (χ0) is 12.0. The Kier molecular flexibility index (Phi) is 5.90. The molecule has 0 radical (unpaired) electrons. The van der Waals surface area contributed by atoms with Crippen LogP contribution in [0.4, 0.5) is 0 Å². The van der Waals surface area contributed by atoms with Gasteiger partial charge in [-0.05, 0) is 36.7 Å². The van der Waals surface area contributed by atoms with E-state index in [2.05, 4.69) is 34.1 Å². The lowest BCUT2D eigenvalue weighted by Gasteiger charge is -2.18. The van der Waals surface area contributed by atoms with Crippen molar-refractivity contribution in [2.75, 3.05) is 6.54 Å². The smallest absolute Gasteiger partial charge is 0.0454 e. The van der Waals surface area contributed by atoms with E-state index in [-0.39, 0.29) is 6.04 Å². The molecule has 0 aliphatic carbocycles. The van der Waals surface area contributed by atoms with Gasteiger partial charge in [0.2, 0.25) is 0 Å². The fraction of sp³-hybridized carbons (Fsp3) is 0.385. The highest BCUT2D eigenvalue weighted by atomic mass is 79.9. The van der Waals surface area contributed by atoms with E-state index in [0.717, 1.165) is 28.0 Å². The molecular weight excluding hydrogens is 286 g/mol. The van der Waals surface area contributed by atoms with Crippen LogP contribution in [-0.4, -0.2) is 6.54 Å². The fourth-order valence-corrected chi connectivity index (χ4v) is 2.14. The maximum atomic E-state index is 6.18. The molecule has 0 aromatic heterocycles. The van der Waals surface area contributed by atoms with E-state index in [1.165, 1.54) is 0 Å². The average Bonchev–Trinajstić information content (AvgIpc) is 2.28. The number of hydrogen-bond acceptors (Lipinski definition) is 1. The lowest BCUT2D eigenvalue weighted by atomic mass is 10.0. The second kappa shape index (κ2) is 6.96. The summed E-state index contributed by atoms with van der Waals surface area (Å²) in [6, 6.07) is 5.97. The van der Waals surface area contributed by atoms with Gasteiger partial charge in [-0.3, -0.25) is 0 Å². The normalized spacial score (nSPS) is 12.1. The van der Waals surface area contributed by atoms with Gasteiger partial charge in [0.15, 0.2) is 0 Å². The fourth-order valence-electron chi connectivity index (χ4n) is 1.51. The number of rotatable bonds is 5. The van der Waals surface area contributed by atoms with E-state index in [1.807, 2.05) is 18.2 Å². The summed E-state index contributed by atoms with van der Waals surface area (Å²) in [6.07, 6.45) is 7.11. The third kappa shape index (κ3) is 3.83. The molecule has 1 nitrogen and oxygen atoms in total. The first-order chi connectivity index (χ1) is 7.69. The van der Waals surface area contributed by atoms with E-state index in [1.54, 1.807) is 0 Å². The summed E-state index contributed by atoms with van der Waals surface area (Å²) < 4.78 is 1.02. The lowest BCUT2D eigenvalue weighted by Crippen LogP contribution is -2.22. The molecular formula is C13H15BrClN. The van der Waals surface area contributed by atoms with E-state index in [4.69, 9.17) is 18.0 Å². The third-order valence-electron chi connectivity index (χ3n) is 2.30. The summed E-state index contributed by atoms with van der Waals surface area (Å²) in [5, 5.41) is 4.16. The molecule has 0 amide bonds. The van der Waals surface area contributed by atoms with Gasteiger partial charge in [-0.15, -0.1) is 12.3 Å². The second-order valence-corrected chi connectivity index (χ2v) is 4.90. The minimum Gasteiger partial charge on any atom is -0.309 e. The van der Waals surface area contributed by atoms with E-state index >= 15 is 0 Å². The molecule has 0 fully saturated rings. The number of terminal acetylenes is 1. The number of benzene rings is 1. The van der Waals surface area contributed by atoms with Crippen LogP contribution in [0, 0.1) is 12.3 Å². The Morgan fingerprint density at radius 3 is 2.94 bits per heavy atom. The summed E-state index contributed by atoms with van der Waals surface area (Å²) in [7, 11) is 0. The summed E-state index contributed by atoms with van der Waals surface area (Å²) >= 11 is 9.62. The third-order valence-corrected chi connectivity index (χ3v) is 3.13. The van der Waals surface area contributed by atoms with Crippen molar-refractivity contribution >= 4 is 27.5 Å². The highest BCUT2D eigenvalue weighted by Crippen LogP contribution is 2.28. The minimum absolute atomic E-state index is 0.134. The Morgan fingerprint density at radius 2 is 2.31 bits per heavy atom. The highest BCUT2D eigenvalue weighted by Gasteiger charge is 2.13. The van der Waals surface area contributed by atoms with Gasteiger partial charge in [0.1, 0.15) is 0 Å². The maximum absolute atomic E-state index is 6.18. The van der Waals surface area contributed by atoms with Crippen molar-refractivity contribution in [2.45, 2.75) is 25.8 Å². The topological polar surface area (TPSA) is 12.0 Å². The molecule has 0 bridgehead atoms. The van der Waals surface area contributed by atoms with Crippen LogP contribution in [0.5, 0.6) is 0 Å². The van der Waals surface area contributed by atoms with Crippen LogP contribution in [0.1, 0.15) is 31.4 Å². The van der Waals surface area contributed by atoms with E-state index in [9.17, 15) is 0 Å². The van der Waals surface area contributed by atoms with Gasteiger partial charge >= 0.3 is 0 Å². The van der Waals surface area contributed by atoms with Crippen molar-refractivity contribution in [3.63, 3.8) is 0 Å². The van der Waals surface area contributed by atoms with Crippen molar-refractivity contribution in [3.05, 3.63) is 33.3 Å². The molecule has 16 heavy (non-hydrogen) atoms. The Labute approximate surface area is 111 Å². The monoisotopic (exact) mass is 299 g/mol. The Morgan fingerprint density at radius 1 is 1.56 bits per heavy atom. The van der Waals surface area contributed by atoms with E-state index in [0.29, 0.717) is 6.42 Å². The largest absolute Gasteiger partial charge is 0.309 e. The van der Waals surface area contributed by atoms with Crippen molar-refractivity contribution in [1.82, 2.24) is 5.32 Å². The highest BCUT2D eigenvalue weighted by molar-refractivity contribution is 9.10. The molecule has 86 valence electrons. The van der Waals surface area contributed by atoms with Gasteiger partial charge < -0.3 is 5.32 Å². The number of halogens is 2. The number of nitrogens with one attached hydrogen (secondary N) is 1. The van der Waals surface area contributed by atoms with Gasteiger partial charge in [0, 0.05) is 22.0 Å². The predicted molar refractivity (Wildman–Crippen MR) is 73.6 cm³/mol. The first kappa shape index (κ1) is 13.6. The van der Waals surface area contributed by atoms with Crippen LogP contribution in [-0.2, 0) is 0 Å². The Hall–Kier alpha value is -0.490. The average molecular weight is 301 g/mol. The van der Waals surface area contributed by atoms with Crippen LogP contribution in [0.3, 0.4) is 0 Å². The van der Waals surface area contributed by atoms with Crippen LogP contribution in [0.15, 0.2) is 22.7 Å². The van der Waals surface area contributed by atoms with Crippen molar-refractivity contribution < 1.29 is 0 Å². The van der Waals surface area contributed by atoms with Crippen LogP contribution in [0.25, 0.3) is 0 Å². The van der Waals surface area contributed by atoms with Gasteiger partial charge in [-0.25, -0.2) is 0 Å². The molecule has 1 unspecified atom stereocenters. The predicted octanol–water partition coefficient (Wildman–Crippen LogP) is 4.17. The Bertz CT molecular complexity index is 384. The molecule has 0 spiro atoms. The molecule has 0 saturated carbocycles. The Balaban J connectivity index is 2.91.